The van der Waals surface area contributed by atoms with Crippen LogP contribution >= 0.6 is 11.3 Å². The highest BCUT2D eigenvalue weighted by atomic mass is 32.1. The normalized spacial score (nSPS) is 12.4. The fraction of sp³-hybridized carbons (Fsp3) is 0.346. The van der Waals surface area contributed by atoms with Gasteiger partial charge in [0, 0.05) is 62.8 Å². The van der Waals surface area contributed by atoms with E-state index in [-0.39, 0.29) is 41.8 Å². The molecule has 0 aliphatic heterocycles. The molecule has 0 saturated heterocycles. The smallest absolute Gasteiger partial charge is 0.261 e. The molecular formula is C26H31N5O5S. The molecule has 0 radical (unpaired) electrons. The van der Waals surface area contributed by atoms with Crippen molar-refractivity contribution in [3.63, 3.8) is 0 Å². The number of anilines is 2. The standard InChI is InChI=1S/C26H31N5O5S/c1-27-26(36)18-14-17-21(30-8-6-28-10-12-32)19-20(22(25(17)37-18)31-9-7-29-11-13-33)24(35)16-5-3-2-4-15(16)23(19)34/h2-5,14,28-33H,6-13H2,1H3,(H,27,36). The maximum atomic E-state index is 13.8. The zero-order valence-corrected chi connectivity index (χ0v) is 21.4. The van der Waals surface area contributed by atoms with Gasteiger partial charge < -0.3 is 36.8 Å². The summed E-state index contributed by atoms with van der Waals surface area (Å²) >= 11 is 1.26. The van der Waals surface area contributed by atoms with Gasteiger partial charge in [-0.2, -0.15) is 0 Å². The van der Waals surface area contributed by atoms with Crippen molar-refractivity contribution in [2.45, 2.75) is 0 Å². The van der Waals surface area contributed by atoms with Gasteiger partial charge in [-0.3, -0.25) is 14.4 Å². The van der Waals surface area contributed by atoms with E-state index in [4.69, 9.17) is 10.2 Å². The Hall–Kier alpha value is -3.35. The second-order valence-electron chi connectivity index (χ2n) is 8.44. The van der Waals surface area contributed by atoms with Crippen LogP contribution < -0.4 is 26.6 Å². The fourth-order valence-corrected chi connectivity index (χ4v) is 5.55. The van der Waals surface area contributed by atoms with Gasteiger partial charge in [-0.05, 0) is 6.07 Å². The van der Waals surface area contributed by atoms with Gasteiger partial charge in [0.2, 0.25) is 0 Å². The summed E-state index contributed by atoms with van der Waals surface area (Å²) in [6.07, 6.45) is 0. The Morgan fingerprint density at radius 2 is 1.35 bits per heavy atom. The van der Waals surface area contributed by atoms with Crippen molar-refractivity contribution in [2.24, 2.45) is 0 Å². The first-order valence-electron chi connectivity index (χ1n) is 12.2. The molecule has 10 nitrogen and oxygen atoms in total. The number of carbonyl (C=O) groups is 3. The SMILES string of the molecule is CNC(=O)c1cc2c(NCCNCCO)c3c(c(NCCNCCO)c2s1)C(=O)c1ccccc1C3=O. The second kappa shape index (κ2) is 12.3. The molecule has 4 rings (SSSR count). The number of carbonyl (C=O) groups excluding carboxylic acids is 3. The molecule has 0 atom stereocenters. The maximum absolute atomic E-state index is 13.8. The molecule has 0 fully saturated rings. The molecule has 0 bridgehead atoms. The van der Waals surface area contributed by atoms with E-state index in [2.05, 4.69) is 26.6 Å². The molecule has 37 heavy (non-hydrogen) atoms. The van der Waals surface area contributed by atoms with Gasteiger partial charge in [0.15, 0.2) is 11.6 Å². The lowest BCUT2D eigenvalue weighted by atomic mass is 9.81. The van der Waals surface area contributed by atoms with E-state index in [1.807, 2.05) is 0 Å². The average molecular weight is 526 g/mol. The number of ketones is 2. The summed E-state index contributed by atoms with van der Waals surface area (Å²) in [4.78, 5) is 40.7. The average Bonchev–Trinajstić information content (AvgIpc) is 3.36. The van der Waals surface area contributed by atoms with Crippen molar-refractivity contribution in [3.05, 3.63) is 57.5 Å². The van der Waals surface area contributed by atoms with E-state index in [0.717, 1.165) is 0 Å². The van der Waals surface area contributed by atoms with Crippen LogP contribution in [-0.2, 0) is 0 Å². The molecule has 1 heterocycles. The number of nitrogens with one attached hydrogen (secondary N) is 5. The molecule has 196 valence electrons. The second-order valence-corrected chi connectivity index (χ2v) is 9.49. The minimum Gasteiger partial charge on any atom is -0.395 e. The first-order valence-corrected chi connectivity index (χ1v) is 13.0. The number of amides is 1. The van der Waals surface area contributed by atoms with Gasteiger partial charge >= 0.3 is 0 Å². The van der Waals surface area contributed by atoms with Crippen LogP contribution in [0.15, 0.2) is 30.3 Å². The first-order chi connectivity index (χ1) is 18.0. The molecule has 3 aromatic rings. The molecule has 0 unspecified atom stereocenters. The lowest BCUT2D eigenvalue weighted by Crippen LogP contribution is -2.29. The largest absolute Gasteiger partial charge is 0.395 e. The van der Waals surface area contributed by atoms with Crippen LogP contribution in [0.25, 0.3) is 10.1 Å². The van der Waals surface area contributed by atoms with Crippen molar-refractivity contribution in [1.82, 2.24) is 16.0 Å². The van der Waals surface area contributed by atoms with Crippen LogP contribution in [0.3, 0.4) is 0 Å². The van der Waals surface area contributed by atoms with Gasteiger partial charge in [0.05, 0.1) is 45.3 Å². The van der Waals surface area contributed by atoms with Crippen molar-refractivity contribution in [2.75, 3.05) is 70.2 Å². The molecule has 1 aliphatic carbocycles. The van der Waals surface area contributed by atoms with Crippen molar-refractivity contribution < 1.29 is 24.6 Å². The lowest BCUT2D eigenvalue weighted by Gasteiger charge is -2.25. The highest BCUT2D eigenvalue weighted by Crippen LogP contribution is 2.46. The Balaban J connectivity index is 1.89. The number of hydrogen-bond donors (Lipinski definition) is 7. The minimum absolute atomic E-state index is 0.0109. The highest BCUT2D eigenvalue weighted by molar-refractivity contribution is 7.21. The molecule has 0 spiro atoms. The third-order valence-electron chi connectivity index (χ3n) is 6.08. The van der Waals surface area contributed by atoms with Crippen molar-refractivity contribution in [3.8, 4) is 0 Å². The molecule has 1 amide bonds. The van der Waals surface area contributed by atoms with Gasteiger partial charge in [-0.1, -0.05) is 24.3 Å². The number of fused-ring (bicyclic) bond motifs is 3. The predicted molar refractivity (Wildman–Crippen MR) is 145 cm³/mol. The number of benzene rings is 2. The van der Waals surface area contributed by atoms with Crippen molar-refractivity contribution in [1.29, 1.82) is 0 Å². The molecule has 1 aromatic heterocycles. The number of thiophene rings is 1. The van der Waals surface area contributed by atoms with Gasteiger partial charge in [-0.15, -0.1) is 11.3 Å². The van der Waals surface area contributed by atoms with Gasteiger partial charge in [-0.25, -0.2) is 0 Å². The van der Waals surface area contributed by atoms with E-state index < -0.39 is 0 Å². The summed E-state index contributed by atoms with van der Waals surface area (Å²) in [7, 11) is 1.55. The molecule has 0 saturated carbocycles. The Morgan fingerprint density at radius 3 is 1.89 bits per heavy atom. The topological polar surface area (TPSA) is 152 Å². The maximum Gasteiger partial charge on any atom is 0.261 e. The molecular weight excluding hydrogens is 494 g/mol. The number of aliphatic hydroxyl groups excluding tert-OH is 2. The number of rotatable bonds is 13. The highest BCUT2D eigenvalue weighted by Gasteiger charge is 2.36. The summed E-state index contributed by atoms with van der Waals surface area (Å²) in [6, 6.07) is 8.53. The predicted octanol–water partition coefficient (Wildman–Crippen LogP) is 1.02. The summed E-state index contributed by atoms with van der Waals surface area (Å²) in [5.41, 5.74) is 2.30. The first kappa shape index (κ1) is 26.7. The summed E-state index contributed by atoms with van der Waals surface area (Å²) < 4.78 is 0.700. The van der Waals surface area contributed by atoms with E-state index in [9.17, 15) is 14.4 Å². The van der Waals surface area contributed by atoms with Crippen molar-refractivity contribution >= 4 is 50.3 Å². The van der Waals surface area contributed by atoms with E-state index >= 15 is 0 Å². The molecule has 7 N–H and O–H groups in total. The van der Waals surface area contributed by atoms with Gasteiger partial charge in [0.1, 0.15) is 0 Å². The van der Waals surface area contributed by atoms with Crippen LogP contribution in [0.5, 0.6) is 0 Å². The fourth-order valence-electron chi connectivity index (χ4n) is 4.41. The number of aliphatic hydroxyl groups is 2. The molecule has 2 aromatic carbocycles. The Morgan fingerprint density at radius 1 is 0.811 bits per heavy atom. The van der Waals surface area contributed by atoms with Crippen LogP contribution in [0.4, 0.5) is 11.4 Å². The van der Waals surface area contributed by atoms with E-state index in [1.165, 1.54) is 11.3 Å². The van der Waals surface area contributed by atoms with E-state index in [1.54, 1.807) is 37.4 Å². The monoisotopic (exact) mass is 525 g/mol. The van der Waals surface area contributed by atoms with Crippen LogP contribution in [-0.4, -0.2) is 87.2 Å². The number of hydrogen-bond acceptors (Lipinski definition) is 10. The Labute approximate surface area is 218 Å². The van der Waals surface area contributed by atoms with Crippen LogP contribution in [0.1, 0.15) is 41.5 Å². The zero-order valence-electron chi connectivity index (χ0n) is 20.6. The minimum atomic E-state index is -0.258. The third-order valence-corrected chi connectivity index (χ3v) is 7.24. The van der Waals surface area contributed by atoms with Crippen LogP contribution in [0.2, 0.25) is 0 Å². The van der Waals surface area contributed by atoms with Gasteiger partial charge in [0.25, 0.3) is 5.91 Å². The summed E-state index contributed by atoms with van der Waals surface area (Å²) in [5.74, 6) is -0.771. The Bertz CT molecular complexity index is 1230. The van der Waals surface area contributed by atoms with E-state index in [0.29, 0.717) is 76.7 Å². The zero-order chi connectivity index (χ0) is 26.4. The summed E-state index contributed by atoms with van der Waals surface area (Å²) in [6.45, 7) is 2.83. The quantitative estimate of drug-likeness (QED) is 0.100. The van der Waals surface area contributed by atoms with Crippen LogP contribution in [0, 0.1) is 0 Å². The molecule has 1 aliphatic rings. The lowest BCUT2D eigenvalue weighted by molar-refractivity contribution is 0.0966. The summed E-state index contributed by atoms with van der Waals surface area (Å²) in [5, 5.41) is 34.3. The Kier molecular flexibility index (Phi) is 8.85. The molecule has 11 heteroatoms. The third kappa shape index (κ3) is 5.36.